The van der Waals surface area contributed by atoms with E-state index in [0.717, 1.165) is 11.1 Å². The first-order chi connectivity index (χ1) is 13.9. The van der Waals surface area contributed by atoms with E-state index in [4.69, 9.17) is 9.47 Å². The Labute approximate surface area is 169 Å². The van der Waals surface area contributed by atoms with E-state index in [0.29, 0.717) is 35.6 Å². The molecule has 0 saturated heterocycles. The molecule has 0 atom stereocenters. The van der Waals surface area contributed by atoms with Gasteiger partial charge in [0, 0.05) is 19.5 Å². The fourth-order valence-corrected chi connectivity index (χ4v) is 3.28. The van der Waals surface area contributed by atoms with E-state index >= 15 is 0 Å². The molecule has 1 heterocycles. The topological polar surface area (TPSA) is 84.9 Å². The van der Waals surface area contributed by atoms with Crippen LogP contribution >= 0.6 is 0 Å². The van der Waals surface area contributed by atoms with Crippen LogP contribution in [-0.4, -0.2) is 43.4 Å². The van der Waals surface area contributed by atoms with Crippen molar-refractivity contribution >= 4 is 17.7 Å². The van der Waals surface area contributed by atoms with E-state index in [-0.39, 0.29) is 30.7 Å². The molecular formula is C22H24N2O5. The standard InChI is InChI=1S/C22H24N2O5/c1-14-6-8-16-17(11-14)22(27)24(21(16)26)10-4-5-20(25)23-13-15-7-9-18(28-2)19(12-15)29-3/h6-9,11-12H,4-5,10,13H2,1-3H3,(H,23,25). The van der Waals surface area contributed by atoms with Gasteiger partial charge in [0.15, 0.2) is 11.5 Å². The van der Waals surface area contributed by atoms with Crippen molar-refractivity contribution in [1.82, 2.24) is 10.2 Å². The van der Waals surface area contributed by atoms with Gasteiger partial charge >= 0.3 is 0 Å². The predicted molar refractivity (Wildman–Crippen MR) is 107 cm³/mol. The summed E-state index contributed by atoms with van der Waals surface area (Å²) in [5, 5.41) is 2.84. The maximum Gasteiger partial charge on any atom is 0.261 e. The molecule has 2 aromatic rings. The third-order valence-corrected chi connectivity index (χ3v) is 4.85. The highest BCUT2D eigenvalue weighted by Crippen LogP contribution is 2.27. The van der Waals surface area contributed by atoms with E-state index in [9.17, 15) is 14.4 Å². The Bertz CT molecular complexity index is 954. The Kier molecular flexibility index (Phi) is 6.16. The fraction of sp³-hybridized carbons (Fsp3) is 0.318. The summed E-state index contributed by atoms with van der Waals surface area (Å²) in [5.74, 6) is 0.487. The summed E-state index contributed by atoms with van der Waals surface area (Å²) in [6, 6.07) is 10.7. The lowest BCUT2D eigenvalue weighted by Gasteiger charge is -2.13. The number of nitrogens with one attached hydrogen (secondary N) is 1. The second-order valence-electron chi connectivity index (χ2n) is 6.88. The molecule has 1 aliphatic heterocycles. The molecule has 3 rings (SSSR count). The van der Waals surface area contributed by atoms with Crippen LogP contribution in [0, 0.1) is 6.92 Å². The third-order valence-electron chi connectivity index (χ3n) is 4.85. The average molecular weight is 396 g/mol. The number of aryl methyl sites for hydroxylation is 1. The summed E-state index contributed by atoms with van der Waals surface area (Å²) < 4.78 is 10.4. The number of methoxy groups -OCH3 is 2. The van der Waals surface area contributed by atoms with Crippen molar-refractivity contribution in [1.29, 1.82) is 0 Å². The van der Waals surface area contributed by atoms with E-state index in [1.54, 1.807) is 38.5 Å². The van der Waals surface area contributed by atoms with Gasteiger partial charge in [-0.05, 0) is 43.2 Å². The molecule has 2 aromatic carbocycles. The summed E-state index contributed by atoms with van der Waals surface area (Å²) >= 11 is 0. The molecular weight excluding hydrogens is 372 g/mol. The zero-order valence-corrected chi connectivity index (χ0v) is 16.8. The van der Waals surface area contributed by atoms with Crippen LogP contribution in [0.4, 0.5) is 0 Å². The number of rotatable bonds is 8. The second kappa shape index (κ2) is 8.77. The zero-order valence-electron chi connectivity index (χ0n) is 16.8. The van der Waals surface area contributed by atoms with Crippen molar-refractivity contribution in [2.24, 2.45) is 0 Å². The van der Waals surface area contributed by atoms with E-state index in [1.165, 1.54) is 4.90 Å². The number of carbonyl (C=O) groups is 3. The monoisotopic (exact) mass is 396 g/mol. The summed E-state index contributed by atoms with van der Waals surface area (Å²) in [6.45, 7) is 2.45. The molecule has 152 valence electrons. The van der Waals surface area contributed by atoms with Crippen LogP contribution in [0.1, 0.15) is 44.7 Å². The van der Waals surface area contributed by atoms with E-state index < -0.39 is 0 Å². The zero-order chi connectivity index (χ0) is 21.0. The van der Waals surface area contributed by atoms with Crippen LogP contribution in [0.2, 0.25) is 0 Å². The van der Waals surface area contributed by atoms with Crippen molar-refractivity contribution < 1.29 is 23.9 Å². The number of hydrogen-bond donors (Lipinski definition) is 1. The highest BCUT2D eigenvalue weighted by molar-refractivity contribution is 6.21. The molecule has 0 aliphatic carbocycles. The van der Waals surface area contributed by atoms with Crippen molar-refractivity contribution in [3.05, 3.63) is 58.7 Å². The van der Waals surface area contributed by atoms with Gasteiger partial charge in [0.2, 0.25) is 5.91 Å². The molecule has 0 unspecified atom stereocenters. The maximum atomic E-state index is 12.4. The Balaban J connectivity index is 1.48. The van der Waals surface area contributed by atoms with Gasteiger partial charge in [0.05, 0.1) is 25.3 Å². The number of hydrogen-bond acceptors (Lipinski definition) is 5. The minimum absolute atomic E-state index is 0.146. The average Bonchev–Trinajstić information content (AvgIpc) is 2.96. The van der Waals surface area contributed by atoms with Gasteiger partial charge in [-0.1, -0.05) is 17.7 Å². The molecule has 3 amide bonds. The number of fused-ring (bicyclic) bond motifs is 1. The lowest BCUT2D eigenvalue weighted by Crippen LogP contribution is -2.32. The van der Waals surface area contributed by atoms with Crippen molar-refractivity contribution in [2.45, 2.75) is 26.3 Å². The van der Waals surface area contributed by atoms with Crippen LogP contribution in [-0.2, 0) is 11.3 Å². The fourth-order valence-electron chi connectivity index (χ4n) is 3.28. The largest absolute Gasteiger partial charge is 0.493 e. The lowest BCUT2D eigenvalue weighted by atomic mass is 10.1. The van der Waals surface area contributed by atoms with Crippen molar-refractivity contribution in [3.8, 4) is 11.5 Å². The van der Waals surface area contributed by atoms with E-state index in [2.05, 4.69) is 5.32 Å². The molecule has 0 spiro atoms. The number of benzene rings is 2. The third kappa shape index (κ3) is 4.39. The van der Waals surface area contributed by atoms with Crippen LogP contribution in [0.5, 0.6) is 11.5 Å². The van der Waals surface area contributed by atoms with Gasteiger partial charge in [0.25, 0.3) is 11.8 Å². The van der Waals surface area contributed by atoms with Crippen LogP contribution in [0.25, 0.3) is 0 Å². The highest BCUT2D eigenvalue weighted by atomic mass is 16.5. The Morgan fingerprint density at radius 1 is 0.966 bits per heavy atom. The minimum Gasteiger partial charge on any atom is -0.493 e. The Morgan fingerprint density at radius 2 is 1.69 bits per heavy atom. The highest BCUT2D eigenvalue weighted by Gasteiger charge is 2.34. The summed E-state index contributed by atoms with van der Waals surface area (Å²) in [6.07, 6.45) is 0.627. The molecule has 1 N–H and O–H groups in total. The van der Waals surface area contributed by atoms with Gasteiger partial charge in [0.1, 0.15) is 0 Å². The molecule has 7 nitrogen and oxygen atoms in total. The number of carbonyl (C=O) groups excluding carboxylic acids is 3. The molecule has 7 heteroatoms. The Morgan fingerprint density at radius 3 is 2.41 bits per heavy atom. The lowest BCUT2D eigenvalue weighted by molar-refractivity contribution is -0.121. The molecule has 0 radical (unpaired) electrons. The molecule has 29 heavy (non-hydrogen) atoms. The summed E-state index contributed by atoms with van der Waals surface area (Å²) in [5.41, 5.74) is 2.68. The second-order valence-corrected chi connectivity index (χ2v) is 6.88. The normalized spacial score (nSPS) is 12.7. The minimum atomic E-state index is -0.296. The van der Waals surface area contributed by atoms with Crippen molar-refractivity contribution in [3.63, 3.8) is 0 Å². The molecule has 1 aliphatic rings. The number of nitrogens with zero attached hydrogens (tertiary/aromatic N) is 1. The van der Waals surface area contributed by atoms with Gasteiger partial charge in [-0.2, -0.15) is 0 Å². The van der Waals surface area contributed by atoms with Gasteiger partial charge in [-0.15, -0.1) is 0 Å². The number of amides is 3. The van der Waals surface area contributed by atoms with E-state index in [1.807, 2.05) is 19.1 Å². The quantitative estimate of drug-likeness (QED) is 0.694. The molecule has 0 saturated carbocycles. The summed E-state index contributed by atoms with van der Waals surface area (Å²) in [4.78, 5) is 38.2. The number of imide groups is 1. The smallest absolute Gasteiger partial charge is 0.261 e. The first-order valence-corrected chi connectivity index (χ1v) is 9.39. The van der Waals surface area contributed by atoms with Crippen LogP contribution in [0.15, 0.2) is 36.4 Å². The van der Waals surface area contributed by atoms with Gasteiger partial charge in [-0.25, -0.2) is 0 Å². The summed E-state index contributed by atoms with van der Waals surface area (Å²) in [7, 11) is 3.12. The molecule has 0 bridgehead atoms. The van der Waals surface area contributed by atoms with Crippen molar-refractivity contribution in [2.75, 3.05) is 20.8 Å². The predicted octanol–water partition coefficient (Wildman–Crippen LogP) is 2.70. The SMILES string of the molecule is COc1ccc(CNC(=O)CCCN2C(=O)c3ccc(C)cc3C2=O)cc1OC. The number of ether oxygens (including phenoxy) is 2. The molecule has 0 fully saturated rings. The Hall–Kier alpha value is -3.35. The van der Waals surface area contributed by atoms with Gasteiger partial charge in [-0.3, -0.25) is 19.3 Å². The van der Waals surface area contributed by atoms with Gasteiger partial charge < -0.3 is 14.8 Å². The first-order valence-electron chi connectivity index (χ1n) is 9.39. The van der Waals surface area contributed by atoms with Crippen LogP contribution < -0.4 is 14.8 Å². The maximum absolute atomic E-state index is 12.4. The van der Waals surface area contributed by atoms with Crippen LogP contribution in [0.3, 0.4) is 0 Å². The first kappa shape index (κ1) is 20.4. The molecule has 0 aromatic heterocycles.